The maximum absolute atomic E-state index is 11.2. The molecule has 0 atom stereocenters. The molecule has 0 saturated heterocycles. The number of para-hydroxylation sites is 1. The van der Waals surface area contributed by atoms with Gasteiger partial charge in [0, 0.05) is 26.6 Å². The summed E-state index contributed by atoms with van der Waals surface area (Å²) in [6.07, 6.45) is 0.886. The highest BCUT2D eigenvalue weighted by atomic mass is 16.6. The molecule has 1 aromatic rings. The van der Waals surface area contributed by atoms with Crippen molar-refractivity contribution < 1.29 is 9.72 Å². The number of nitro groups is 1. The summed E-state index contributed by atoms with van der Waals surface area (Å²) in [5.41, 5.74) is 0.978. The van der Waals surface area contributed by atoms with Gasteiger partial charge in [0.1, 0.15) is 11.4 Å². The summed E-state index contributed by atoms with van der Waals surface area (Å²) in [5, 5.41) is 19.8. The van der Waals surface area contributed by atoms with Gasteiger partial charge >= 0.3 is 5.69 Å². The summed E-state index contributed by atoms with van der Waals surface area (Å²) in [6, 6.07) is 5.10. The number of hydrogen-bond donors (Lipinski definition) is 3. The fourth-order valence-electron chi connectivity index (χ4n) is 1.72. The normalized spacial score (nSPS) is 9.90. The van der Waals surface area contributed by atoms with E-state index in [4.69, 9.17) is 0 Å². The van der Waals surface area contributed by atoms with Crippen LogP contribution in [-0.4, -0.2) is 30.5 Å². The fraction of sp³-hybridized carbons (Fsp3) is 0.462. The van der Waals surface area contributed by atoms with Crippen molar-refractivity contribution in [3.8, 4) is 0 Å². The van der Waals surface area contributed by atoms with E-state index in [0.29, 0.717) is 31.0 Å². The van der Waals surface area contributed by atoms with Gasteiger partial charge in [-0.25, -0.2) is 0 Å². The first-order valence-electron chi connectivity index (χ1n) is 6.55. The standard InChI is InChI=1S/C13H20N4O3/c1-3-7-15-11-5-4-6-12(13(11)17(19)20)16-9-8-14-10(2)18/h4-6,15-16H,3,7-9H2,1-2H3,(H,14,18). The number of rotatable bonds is 8. The van der Waals surface area contributed by atoms with Crippen LogP contribution in [0.3, 0.4) is 0 Å². The Balaban J connectivity index is 2.78. The van der Waals surface area contributed by atoms with Crippen LogP contribution >= 0.6 is 0 Å². The van der Waals surface area contributed by atoms with E-state index in [0.717, 1.165) is 6.42 Å². The molecule has 7 nitrogen and oxygen atoms in total. The Labute approximate surface area is 117 Å². The van der Waals surface area contributed by atoms with E-state index >= 15 is 0 Å². The van der Waals surface area contributed by atoms with Gasteiger partial charge in [-0.2, -0.15) is 0 Å². The Hall–Kier alpha value is -2.31. The summed E-state index contributed by atoms with van der Waals surface area (Å²) >= 11 is 0. The Kier molecular flexibility index (Phi) is 6.28. The zero-order valence-electron chi connectivity index (χ0n) is 11.7. The van der Waals surface area contributed by atoms with Gasteiger partial charge in [-0.15, -0.1) is 0 Å². The lowest BCUT2D eigenvalue weighted by atomic mass is 10.2. The molecular weight excluding hydrogens is 260 g/mol. The Morgan fingerprint density at radius 2 is 1.80 bits per heavy atom. The van der Waals surface area contributed by atoms with E-state index in [-0.39, 0.29) is 11.6 Å². The van der Waals surface area contributed by atoms with Crippen molar-refractivity contribution in [2.45, 2.75) is 20.3 Å². The molecule has 1 rings (SSSR count). The van der Waals surface area contributed by atoms with Gasteiger partial charge in [0.15, 0.2) is 0 Å². The zero-order valence-corrected chi connectivity index (χ0v) is 11.7. The van der Waals surface area contributed by atoms with E-state index in [1.165, 1.54) is 6.92 Å². The summed E-state index contributed by atoms with van der Waals surface area (Å²) in [5.74, 6) is -0.125. The highest BCUT2D eigenvalue weighted by Gasteiger charge is 2.18. The van der Waals surface area contributed by atoms with Crippen LogP contribution in [0.15, 0.2) is 18.2 Å². The van der Waals surface area contributed by atoms with Crippen LogP contribution in [0.25, 0.3) is 0 Å². The van der Waals surface area contributed by atoms with Gasteiger partial charge in [0.05, 0.1) is 4.92 Å². The number of nitro benzene ring substituents is 1. The number of anilines is 2. The summed E-state index contributed by atoms with van der Waals surface area (Å²) in [4.78, 5) is 21.5. The lowest BCUT2D eigenvalue weighted by Crippen LogP contribution is -2.26. The molecule has 0 aliphatic carbocycles. The van der Waals surface area contributed by atoms with Crippen LogP contribution in [0, 0.1) is 10.1 Å². The Bertz CT molecular complexity index is 477. The molecule has 0 saturated carbocycles. The molecule has 0 fully saturated rings. The van der Waals surface area contributed by atoms with Crippen molar-refractivity contribution >= 4 is 23.0 Å². The Morgan fingerprint density at radius 1 is 1.20 bits per heavy atom. The first-order valence-corrected chi connectivity index (χ1v) is 6.55. The molecule has 0 aliphatic rings. The number of nitrogens with zero attached hydrogens (tertiary/aromatic N) is 1. The number of nitrogens with one attached hydrogen (secondary N) is 3. The predicted octanol–water partition coefficient (Wildman–Crippen LogP) is 1.96. The third kappa shape index (κ3) is 4.75. The molecular formula is C13H20N4O3. The summed E-state index contributed by atoms with van der Waals surface area (Å²) in [7, 11) is 0. The van der Waals surface area contributed by atoms with Crippen molar-refractivity contribution in [3.63, 3.8) is 0 Å². The first-order chi connectivity index (χ1) is 9.56. The van der Waals surface area contributed by atoms with E-state index < -0.39 is 4.92 Å². The largest absolute Gasteiger partial charge is 0.379 e. The van der Waals surface area contributed by atoms with Crippen LogP contribution < -0.4 is 16.0 Å². The topological polar surface area (TPSA) is 96.3 Å². The van der Waals surface area contributed by atoms with Crippen molar-refractivity contribution in [2.24, 2.45) is 0 Å². The molecule has 20 heavy (non-hydrogen) atoms. The fourth-order valence-corrected chi connectivity index (χ4v) is 1.72. The third-order valence-corrected chi connectivity index (χ3v) is 2.60. The summed E-state index contributed by atoms with van der Waals surface area (Å²) in [6.45, 7) is 4.94. The molecule has 1 aromatic carbocycles. The van der Waals surface area contributed by atoms with Crippen LogP contribution in [0.4, 0.5) is 17.1 Å². The van der Waals surface area contributed by atoms with Gasteiger partial charge in [0.2, 0.25) is 5.91 Å². The molecule has 0 bridgehead atoms. The SMILES string of the molecule is CCCNc1cccc(NCCNC(C)=O)c1[N+](=O)[O-]. The zero-order chi connectivity index (χ0) is 15.0. The molecule has 0 aromatic heterocycles. The smallest absolute Gasteiger partial charge is 0.315 e. The van der Waals surface area contributed by atoms with Crippen LogP contribution in [0.2, 0.25) is 0 Å². The van der Waals surface area contributed by atoms with Crippen LogP contribution in [0.1, 0.15) is 20.3 Å². The second-order valence-corrected chi connectivity index (χ2v) is 4.30. The monoisotopic (exact) mass is 280 g/mol. The van der Waals surface area contributed by atoms with E-state index in [2.05, 4.69) is 16.0 Å². The molecule has 3 N–H and O–H groups in total. The average Bonchev–Trinajstić information content (AvgIpc) is 2.40. The first kappa shape index (κ1) is 15.7. The number of carbonyl (C=O) groups excluding carboxylic acids is 1. The molecule has 0 aliphatic heterocycles. The molecule has 7 heteroatoms. The van der Waals surface area contributed by atoms with E-state index in [9.17, 15) is 14.9 Å². The van der Waals surface area contributed by atoms with Crippen LogP contribution in [0.5, 0.6) is 0 Å². The lowest BCUT2D eigenvalue weighted by Gasteiger charge is -2.11. The van der Waals surface area contributed by atoms with Gasteiger partial charge in [-0.1, -0.05) is 13.0 Å². The average molecular weight is 280 g/mol. The van der Waals surface area contributed by atoms with Gasteiger partial charge in [-0.3, -0.25) is 14.9 Å². The highest BCUT2D eigenvalue weighted by Crippen LogP contribution is 2.32. The highest BCUT2D eigenvalue weighted by molar-refractivity contribution is 5.76. The minimum Gasteiger partial charge on any atom is -0.379 e. The van der Waals surface area contributed by atoms with Gasteiger partial charge < -0.3 is 16.0 Å². The quantitative estimate of drug-likeness (QED) is 0.384. The van der Waals surface area contributed by atoms with Crippen LogP contribution in [-0.2, 0) is 4.79 Å². The second kappa shape index (κ2) is 7.98. The second-order valence-electron chi connectivity index (χ2n) is 4.30. The number of benzene rings is 1. The predicted molar refractivity (Wildman–Crippen MR) is 79.1 cm³/mol. The van der Waals surface area contributed by atoms with Gasteiger partial charge in [0.25, 0.3) is 0 Å². The van der Waals surface area contributed by atoms with E-state index in [1.54, 1.807) is 18.2 Å². The van der Waals surface area contributed by atoms with Gasteiger partial charge in [-0.05, 0) is 18.6 Å². The molecule has 0 heterocycles. The van der Waals surface area contributed by atoms with Crippen molar-refractivity contribution in [2.75, 3.05) is 30.3 Å². The maximum Gasteiger partial charge on any atom is 0.315 e. The van der Waals surface area contributed by atoms with Crippen molar-refractivity contribution in [1.82, 2.24) is 5.32 Å². The molecule has 1 amide bonds. The van der Waals surface area contributed by atoms with Crippen molar-refractivity contribution in [1.29, 1.82) is 0 Å². The Morgan fingerprint density at radius 3 is 2.30 bits per heavy atom. The number of amides is 1. The van der Waals surface area contributed by atoms with E-state index in [1.807, 2.05) is 6.92 Å². The minimum atomic E-state index is -0.404. The van der Waals surface area contributed by atoms with Crippen molar-refractivity contribution in [3.05, 3.63) is 28.3 Å². The minimum absolute atomic E-state index is 0.0313. The number of carbonyl (C=O) groups is 1. The summed E-state index contributed by atoms with van der Waals surface area (Å²) < 4.78 is 0. The number of hydrogen-bond acceptors (Lipinski definition) is 5. The lowest BCUT2D eigenvalue weighted by molar-refractivity contribution is -0.383. The third-order valence-electron chi connectivity index (χ3n) is 2.60. The molecule has 0 radical (unpaired) electrons. The molecule has 0 unspecified atom stereocenters. The molecule has 110 valence electrons. The molecule has 0 spiro atoms. The maximum atomic E-state index is 11.2.